The van der Waals surface area contributed by atoms with Crippen LogP contribution in [0.2, 0.25) is 0 Å². The number of carbonyl (C=O) groups is 1. The van der Waals surface area contributed by atoms with Gasteiger partial charge in [-0.2, -0.15) is 0 Å². The Hall–Kier alpha value is -2.01. The highest BCUT2D eigenvalue weighted by Gasteiger charge is 2.32. The number of likely N-dealkylation sites (tertiary alicyclic amines) is 1. The number of hydrogen-bond acceptors (Lipinski definition) is 2. The first-order valence-electron chi connectivity index (χ1n) is 9.74. The Labute approximate surface area is 155 Å². The van der Waals surface area contributed by atoms with Gasteiger partial charge in [-0.1, -0.05) is 13.8 Å². The summed E-state index contributed by atoms with van der Waals surface area (Å²) >= 11 is 0. The largest absolute Gasteiger partial charge is 0.497 e. The summed E-state index contributed by atoms with van der Waals surface area (Å²) in [5.41, 5.74) is 4.01. The quantitative estimate of drug-likeness (QED) is 0.881. The van der Waals surface area contributed by atoms with Gasteiger partial charge in [-0.3, -0.25) is 4.79 Å². The average molecular weight is 356 g/mol. The number of methoxy groups -OCH3 is 1. The number of rotatable bonds is 3. The molecule has 2 N–H and O–H groups in total. The van der Waals surface area contributed by atoms with Crippen molar-refractivity contribution in [1.29, 1.82) is 0 Å². The maximum Gasteiger partial charge on any atom is 0.278 e. The first-order chi connectivity index (χ1) is 12.4. The standard InChI is InChI=1S/C21H29N3O2/c1-21(2)8-4-9-23(14-21)13-20(25)24-10-7-19-17(12-24)16-11-15(26-3)5-6-18(16)22-19/h5-6,11,22H,4,7-10,12-14H2,1-3H3/p+1. The summed E-state index contributed by atoms with van der Waals surface area (Å²) < 4.78 is 5.38. The molecular weight excluding hydrogens is 326 g/mol. The number of piperidine rings is 1. The zero-order chi connectivity index (χ0) is 18.3. The number of carbonyl (C=O) groups excluding carboxylic acids is 1. The van der Waals surface area contributed by atoms with Gasteiger partial charge in [0.2, 0.25) is 0 Å². The van der Waals surface area contributed by atoms with Gasteiger partial charge in [0, 0.05) is 47.1 Å². The maximum atomic E-state index is 12.9. The smallest absolute Gasteiger partial charge is 0.278 e. The van der Waals surface area contributed by atoms with Crippen molar-refractivity contribution < 1.29 is 14.4 Å². The first-order valence-corrected chi connectivity index (χ1v) is 9.74. The number of fused-ring (bicyclic) bond motifs is 3. The molecule has 2 aliphatic rings. The Morgan fingerprint density at radius 2 is 2.23 bits per heavy atom. The molecule has 5 heteroatoms. The number of amides is 1. The molecule has 140 valence electrons. The van der Waals surface area contributed by atoms with Crippen molar-refractivity contribution in [2.24, 2.45) is 5.41 Å². The van der Waals surface area contributed by atoms with E-state index in [1.165, 1.54) is 34.4 Å². The lowest BCUT2D eigenvalue weighted by atomic mass is 9.84. The molecule has 1 aromatic heterocycles. The summed E-state index contributed by atoms with van der Waals surface area (Å²) in [5, 5.41) is 1.18. The van der Waals surface area contributed by atoms with Crippen molar-refractivity contribution in [2.45, 2.75) is 39.7 Å². The fourth-order valence-corrected chi connectivity index (χ4v) is 4.68. The lowest BCUT2D eigenvalue weighted by Gasteiger charge is -2.36. The fourth-order valence-electron chi connectivity index (χ4n) is 4.68. The molecule has 0 aliphatic carbocycles. The number of benzene rings is 1. The predicted molar refractivity (Wildman–Crippen MR) is 103 cm³/mol. The van der Waals surface area contributed by atoms with E-state index >= 15 is 0 Å². The van der Waals surface area contributed by atoms with Gasteiger partial charge in [0.1, 0.15) is 5.75 Å². The second-order valence-electron chi connectivity index (χ2n) is 8.68. The molecule has 1 fully saturated rings. The first kappa shape index (κ1) is 17.4. The lowest BCUT2D eigenvalue weighted by Crippen LogP contribution is -3.15. The summed E-state index contributed by atoms with van der Waals surface area (Å²) in [5.74, 6) is 1.16. The minimum Gasteiger partial charge on any atom is -0.497 e. The Morgan fingerprint density at radius 3 is 3.00 bits per heavy atom. The van der Waals surface area contributed by atoms with Crippen LogP contribution in [-0.4, -0.2) is 49.1 Å². The molecule has 2 aromatic rings. The van der Waals surface area contributed by atoms with E-state index in [9.17, 15) is 4.79 Å². The van der Waals surface area contributed by atoms with E-state index in [1.54, 1.807) is 7.11 Å². The fraction of sp³-hybridized carbons (Fsp3) is 0.571. The number of hydrogen-bond donors (Lipinski definition) is 2. The minimum absolute atomic E-state index is 0.292. The van der Waals surface area contributed by atoms with Crippen molar-refractivity contribution in [1.82, 2.24) is 9.88 Å². The monoisotopic (exact) mass is 356 g/mol. The molecule has 2 aliphatic heterocycles. The Bertz CT molecular complexity index is 824. The van der Waals surface area contributed by atoms with Crippen molar-refractivity contribution in [3.63, 3.8) is 0 Å². The van der Waals surface area contributed by atoms with Crippen LogP contribution in [0.15, 0.2) is 18.2 Å². The van der Waals surface area contributed by atoms with Crippen molar-refractivity contribution in [3.05, 3.63) is 29.5 Å². The number of aromatic amines is 1. The SMILES string of the molecule is COc1ccc2[nH]c3c(c2c1)CN(C(=O)C[NH+]1CCCC(C)(C)C1)CC3. The highest BCUT2D eigenvalue weighted by molar-refractivity contribution is 5.87. The van der Waals surface area contributed by atoms with Crippen LogP contribution in [0.4, 0.5) is 0 Å². The molecule has 0 radical (unpaired) electrons. The zero-order valence-electron chi connectivity index (χ0n) is 16.2. The van der Waals surface area contributed by atoms with Gasteiger partial charge in [-0.15, -0.1) is 0 Å². The summed E-state index contributed by atoms with van der Waals surface area (Å²) in [7, 11) is 1.69. The number of ether oxygens (including phenoxy) is 1. The number of quaternary nitrogens is 1. The lowest BCUT2D eigenvalue weighted by molar-refractivity contribution is -0.904. The second kappa shape index (κ2) is 6.62. The van der Waals surface area contributed by atoms with E-state index in [2.05, 4.69) is 31.0 Å². The predicted octanol–water partition coefficient (Wildman–Crippen LogP) is 1.77. The summed E-state index contributed by atoms with van der Waals surface area (Å²) in [6.45, 7) is 9.02. The Kier molecular flexibility index (Phi) is 4.43. The number of nitrogens with one attached hydrogen (secondary N) is 2. The Morgan fingerprint density at radius 1 is 1.38 bits per heavy atom. The molecule has 0 bridgehead atoms. The summed E-state index contributed by atoms with van der Waals surface area (Å²) in [6, 6.07) is 6.13. The van der Waals surface area contributed by atoms with E-state index in [0.29, 0.717) is 24.4 Å². The molecule has 1 amide bonds. The number of aromatic nitrogens is 1. The van der Waals surface area contributed by atoms with E-state index in [-0.39, 0.29) is 0 Å². The molecule has 1 saturated heterocycles. The van der Waals surface area contributed by atoms with Crippen LogP contribution in [0.1, 0.15) is 37.9 Å². The highest BCUT2D eigenvalue weighted by atomic mass is 16.5. The molecule has 1 unspecified atom stereocenters. The van der Waals surface area contributed by atoms with E-state index in [0.717, 1.165) is 37.3 Å². The van der Waals surface area contributed by atoms with Crippen LogP contribution in [0.3, 0.4) is 0 Å². The van der Waals surface area contributed by atoms with Crippen molar-refractivity contribution in [2.75, 3.05) is 33.3 Å². The molecular formula is C21H30N3O2+. The van der Waals surface area contributed by atoms with E-state index < -0.39 is 0 Å². The van der Waals surface area contributed by atoms with E-state index in [4.69, 9.17) is 4.74 Å². The van der Waals surface area contributed by atoms with Crippen LogP contribution < -0.4 is 9.64 Å². The molecule has 5 nitrogen and oxygen atoms in total. The summed E-state index contributed by atoms with van der Waals surface area (Å²) in [4.78, 5) is 19.9. The highest BCUT2D eigenvalue weighted by Crippen LogP contribution is 2.30. The molecule has 3 heterocycles. The molecule has 26 heavy (non-hydrogen) atoms. The number of H-pyrrole nitrogens is 1. The molecule has 1 atom stereocenters. The van der Waals surface area contributed by atoms with Gasteiger partial charge in [-0.05, 0) is 31.0 Å². The minimum atomic E-state index is 0.292. The van der Waals surface area contributed by atoms with Crippen molar-refractivity contribution in [3.8, 4) is 5.75 Å². The van der Waals surface area contributed by atoms with Gasteiger partial charge in [0.15, 0.2) is 6.54 Å². The van der Waals surface area contributed by atoms with E-state index in [1.807, 2.05) is 11.0 Å². The third-order valence-electron chi connectivity index (χ3n) is 6.05. The molecule has 1 aromatic carbocycles. The summed E-state index contributed by atoms with van der Waals surface area (Å²) in [6.07, 6.45) is 3.40. The third-order valence-corrected chi connectivity index (χ3v) is 6.05. The van der Waals surface area contributed by atoms with Crippen LogP contribution in [0.5, 0.6) is 5.75 Å². The topological polar surface area (TPSA) is 49.8 Å². The van der Waals surface area contributed by atoms with Crippen LogP contribution >= 0.6 is 0 Å². The molecule has 0 spiro atoms. The maximum absolute atomic E-state index is 12.9. The van der Waals surface area contributed by atoms with Gasteiger partial charge in [-0.25, -0.2) is 0 Å². The Balaban J connectivity index is 1.49. The van der Waals surface area contributed by atoms with Gasteiger partial charge >= 0.3 is 0 Å². The third kappa shape index (κ3) is 3.32. The van der Waals surface area contributed by atoms with Crippen LogP contribution in [0.25, 0.3) is 10.9 Å². The van der Waals surface area contributed by atoms with Crippen LogP contribution in [0, 0.1) is 5.41 Å². The van der Waals surface area contributed by atoms with Gasteiger partial charge < -0.3 is 19.5 Å². The molecule has 4 rings (SSSR count). The van der Waals surface area contributed by atoms with Gasteiger partial charge in [0.05, 0.1) is 20.2 Å². The van der Waals surface area contributed by atoms with Crippen LogP contribution in [-0.2, 0) is 17.8 Å². The van der Waals surface area contributed by atoms with Crippen molar-refractivity contribution >= 4 is 16.8 Å². The normalized spacial score (nSPS) is 22.3. The van der Waals surface area contributed by atoms with Gasteiger partial charge in [0.25, 0.3) is 5.91 Å². The average Bonchev–Trinajstić information content (AvgIpc) is 2.97. The molecule has 0 saturated carbocycles. The zero-order valence-corrected chi connectivity index (χ0v) is 16.2. The number of nitrogens with zero attached hydrogens (tertiary/aromatic N) is 1. The second-order valence-corrected chi connectivity index (χ2v) is 8.68.